The van der Waals surface area contributed by atoms with Gasteiger partial charge in [0.2, 0.25) is 0 Å². The lowest BCUT2D eigenvalue weighted by molar-refractivity contribution is 0.175. The number of hydrogen-bond acceptors (Lipinski definition) is 2. The lowest BCUT2D eigenvalue weighted by Crippen LogP contribution is -2.50. The van der Waals surface area contributed by atoms with Crippen molar-refractivity contribution in [2.75, 3.05) is 26.2 Å². The van der Waals surface area contributed by atoms with E-state index in [1.807, 2.05) is 0 Å². The molecule has 3 fully saturated rings. The molecule has 0 aromatic rings. The third kappa shape index (κ3) is 1.82. The van der Waals surface area contributed by atoms with Gasteiger partial charge in [-0.3, -0.25) is 0 Å². The van der Waals surface area contributed by atoms with Gasteiger partial charge in [-0.05, 0) is 43.9 Å². The third-order valence-corrected chi connectivity index (χ3v) is 4.31. The number of rotatable bonds is 2. The zero-order chi connectivity index (χ0) is 9.54. The molecule has 1 aliphatic heterocycles. The normalized spacial score (nSPS) is 47.8. The highest BCUT2D eigenvalue weighted by atomic mass is 15.2. The standard InChI is InChI=1S/C12H22N2/c1-9-7-14(3-2-13-9)8-10-4-11-6-12(11)5-10/h9-13H,2-8H2,1H3. The van der Waals surface area contributed by atoms with Crippen LogP contribution in [0.15, 0.2) is 0 Å². The topological polar surface area (TPSA) is 15.3 Å². The molecular weight excluding hydrogens is 172 g/mol. The zero-order valence-electron chi connectivity index (χ0n) is 9.21. The predicted molar refractivity (Wildman–Crippen MR) is 58.2 cm³/mol. The molecule has 0 aromatic heterocycles. The minimum atomic E-state index is 0.708. The van der Waals surface area contributed by atoms with Crippen LogP contribution in [0.4, 0.5) is 0 Å². The number of nitrogens with one attached hydrogen (secondary N) is 1. The average Bonchev–Trinajstić information content (AvgIpc) is 2.74. The minimum Gasteiger partial charge on any atom is -0.312 e. The molecule has 3 atom stereocenters. The van der Waals surface area contributed by atoms with Crippen molar-refractivity contribution in [3.63, 3.8) is 0 Å². The van der Waals surface area contributed by atoms with Crippen LogP contribution in [0.25, 0.3) is 0 Å². The van der Waals surface area contributed by atoms with Gasteiger partial charge in [-0.25, -0.2) is 0 Å². The lowest BCUT2D eigenvalue weighted by atomic mass is 10.0. The summed E-state index contributed by atoms with van der Waals surface area (Å²) in [6, 6.07) is 0.708. The first-order chi connectivity index (χ1) is 6.81. The Balaban J connectivity index is 1.47. The van der Waals surface area contributed by atoms with Gasteiger partial charge in [0.25, 0.3) is 0 Å². The van der Waals surface area contributed by atoms with E-state index in [0.29, 0.717) is 6.04 Å². The first kappa shape index (κ1) is 9.17. The summed E-state index contributed by atoms with van der Waals surface area (Å²) in [5, 5.41) is 3.51. The molecule has 3 aliphatic rings. The van der Waals surface area contributed by atoms with Gasteiger partial charge < -0.3 is 10.2 Å². The zero-order valence-corrected chi connectivity index (χ0v) is 9.21. The predicted octanol–water partition coefficient (Wildman–Crippen LogP) is 1.33. The molecule has 1 N–H and O–H groups in total. The van der Waals surface area contributed by atoms with E-state index in [1.165, 1.54) is 26.2 Å². The van der Waals surface area contributed by atoms with Crippen molar-refractivity contribution in [2.24, 2.45) is 17.8 Å². The van der Waals surface area contributed by atoms with E-state index in [2.05, 4.69) is 17.1 Å². The van der Waals surface area contributed by atoms with Crippen LogP contribution in [0.1, 0.15) is 26.2 Å². The summed E-state index contributed by atoms with van der Waals surface area (Å²) in [4.78, 5) is 2.68. The summed E-state index contributed by atoms with van der Waals surface area (Å²) in [6.07, 6.45) is 4.65. The summed E-state index contributed by atoms with van der Waals surface area (Å²) >= 11 is 0. The van der Waals surface area contributed by atoms with E-state index in [4.69, 9.17) is 0 Å². The third-order valence-electron chi connectivity index (χ3n) is 4.31. The molecule has 0 aromatic carbocycles. The van der Waals surface area contributed by atoms with Crippen LogP contribution in [0.5, 0.6) is 0 Å². The number of nitrogens with zero attached hydrogens (tertiary/aromatic N) is 1. The van der Waals surface area contributed by atoms with Crippen LogP contribution in [-0.4, -0.2) is 37.1 Å². The number of piperazine rings is 1. The van der Waals surface area contributed by atoms with E-state index >= 15 is 0 Å². The molecule has 0 amide bonds. The molecule has 80 valence electrons. The van der Waals surface area contributed by atoms with E-state index in [9.17, 15) is 0 Å². The van der Waals surface area contributed by atoms with Crippen molar-refractivity contribution in [3.05, 3.63) is 0 Å². The second kappa shape index (κ2) is 3.49. The molecule has 2 aliphatic carbocycles. The fourth-order valence-electron chi connectivity index (χ4n) is 3.53. The SMILES string of the molecule is CC1CN(CC2CC3CC3C2)CCN1. The number of fused-ring (bicyclic) bond motifs is 1. The Morgan fingerprint density at radius 3 is 2.71 bits per heavy atom. The molecule has 3 unspecified atom stereocenters. The van der Waals surface area contributed by atoms with Crippen LogP contribution in [0.2, 0.25) is 0 Å². The van der Waals surface area contributed by atoms with Gasteiger partial charge in [0.1, 0.15) is 0 Å². The lowest BCUT2D eigenvalue weighted by Gasteiger charge is -2.33. The minimum absolute atomic E-state index is 0.708. The maximum absolute atomic E-state index is 3.51. The summed E-state index contributed by atoms with van der Waals surface area (Å²) in [5.74, 6) is 3.35. The largest absolute Gasteiger partial charge is 0.312 e. The van der Waals surface area contributed by atoms with Crippen LogP contribution in [0.3, 0.4) is 0 Å². The van der Waals surface area contributed by atoms with Gasteiger partial charge in [-0.15, -0.1) is 0 Å². The fraction of sp³-hybridized carbons (Fsp3) is 1.00. The smallest absolute Gasteiger partial charge is 0.0167 e. The molecular formula is C12H22N2. The highest BCUT2D eigenvalue weighted by molar-refractivity contribution is 4.96. The first-order valence-corrected chi connectivity index (χ1v) is 6.27. The molecule has 2 saturated carbocycles. The Morgan fingerprint density at radius 2 is 2.00 bits per heavy atom. The second-order valence-corrected chi connectivity index (χ2v) is 5.71. The summed E-state index contributed by atoms with van der Waals surface area (Å²) in [6.45, 7) is 7.43. The van der Waals surface area contributed by atoms with E-state index in [1.54, 1.807) is 19.3 Å². The van der Waals surface area contributed by atoms with Crippen molar-refractivity contribution >= 4 is 0 Å². The maximum Gasteiger partial charge on any atom is 0.0167 e. The quantitative estimate of drug-likeness (QED) is 0.713. The number of hydrogen-bond donors (Lipinski definition) is 1. The average molecular weight is 194 g/mol. The van der Waals surface area contributed by atoms with E-state index in [-0.39, 0.29) is 0 Å². The van der Waals surface area contributed by atoms with Gasteiger partial charge in [0.05, 0.1) is 0 Å². The van der Waals surface area contributed by atoms with Crippen LogP contribution in [0, 0.1) is 17.8 Å². The Morgan fingerprint density at radius 1 is 1.21 bits per heavy atom. The first-order valence-electron chi connectivity index (χ1n) is 6.27. The molecule has 1 saturated heterocycles. The van der Waals surface area contributed by atoms with E-state index in [0.717, 1.165) is 17.8 Å². The highest BCUT2D eigenvalue weighted by Crippen LogP contribution is 2.54. The van der Waals surface area contributed by atoms with Crippen LogP contribution < -0.4 is 5.32 Å². The molecule has 2 heteroatoms. The maximum atomic E-state index is 3.51. The molecule has 0 spiro atoms. The Labute approximate surface area is 87.0 Å². The van der Waals surface area contributed by atoms with Crippen molar-refractivity contribution < 1.29 is 0 Å². The van der Waals surface area contributed by atoms with Crippen LogP contribution >= 0.6 is 0 Å². The van der Waals surface area contributed by atoms with Gasteiger partial charge in [0.15, 0.2) is 0 Å². The fourth-order valence-corrected chi connectivity index (χ4v) is 3.53. The molecule has 14 heavy (non-hydrogen) atoms. The molecule has 2 nitrogen and oxygen atoms in total. The molecule has 0 bridgehead atoms. The Kier molecular flexibility index (Phi) is 2.29. The Bertz CT molecular complexity index is 206. The van der Waals surface area contributed by atoms with Crippen molar-refractivity contribution in [2.45, 2.75) is 32.2 Å². The molecule has 1 heterocycles. The monoisotopic (exact) mass is 194 g/mol. The summed E-state index contributed by atoms with van der Waals surface area (Å²) in [5.41, 5.74) is 0. The van der Waals surface area contributed by atoms with Crippen molar-refractivity contribution in [1.29, 1.82) is 0 Å². The highest BCUT2D eigenvalue weighted by Gasteiger charge is 2.45. The van der Waals surface area contributed by atoms with Gasteiger partial charge in [0, 0.05) is 32.2 Å². The molecule has 0 radical (unpaired) electrons. The van der Waals surface area contributed by atoms with Gasteiger partial charge >= 0.3 is 0 Å². The van der Waals surface area contributed by atoms with Gasteiger partial charge in [-0.2, -0.15) is 0 Å². The van der Waals surface area contributed by atoms with Crippen molar-refractivity contribution in [3.8, 4) is 0 Å². The molecule has 3 rings (SSSR count). The second-order valence-electron chi connectivity index (χ2n) is 5.71. The summed E-state index contributed by atoms with van der Waals surface area (Å²) in [7, 11) is 0. The Hall–Kier alpha value is -0.0800. The summed E-state index contributed by atoms with van der Waals surface area (Å²) < 4.78 is 0. The van der Waals surface area contributed by atoms with Crippen molar-refractivity contribution in [1.82, 2.24) is 10.2 Å². The van der Waals surface area contributed by atoms with Gasteiger partial charge in [-0.1, -0.05) is 0 Å². The van der Waals surface area contributed by atoms with E-state index < -0.39 is 0 Å². The van der Waals surface area contributed by atoms with Crippen LogP contribution in [-0.2, 0) is 0 Å².